The third-order valence-electron chi connectivity index (χ3n) is 2.29. The van der Waals surface area contributed by atoms with Crippen LogP contribution in [0.15, 0.2) is 12.1 Å². The van der Waals surface area contributed by atoms with Gasteiger partial charge in [0.1, 0.15) is 5.15 Å². The first-order valence-corrected chi connectivity index (χ1v) is 5.41. The first-order valence-electron chi connectivity index (χ1n) is 4.65. The fraction of sp³-hybridized carbons (Fsp3) is 0.400. The lowest BCUT2D eigenvalue weighted by Crippen LogP contribution is -1.96. The topological polar surface area (TPSA) is 25.8 Å². The van der Waals surface area contributed by atoms with Gasteiger partial charge in [-0.3, -0.25) is 0 Å². The summed E-state index contributed by atoms with van der Waals surface area (Å²) in [7, 11) is 0. The van der Waals surface area contributed by atoms with Crippen LogP contribution in [0.1, 0.15) is 31.4 Å². The van der Waals surface area contributed by atoms with E-state index < -0.39 is 0 Å². The maximum atomic E-state index is 5.81. The molecule has 0 saturated carbocycles. The van der Waals surface area contributed by atoms with E-state index in [9.17, 15) is 0 Å². The molecule has 0 N–H and O–H groups in total. The van der Waals surface area contributed by atoms with Gasteiger partial charge in [0, 0.05) is 6.07 Å². The summed E-state index contributed by atoms with van der Waals surface area (Å²) in [6.45, 7) is 0. The van der Waals surface area contributed by atoms with Gasteiger partial charge in [-0.25, -0.2) is 9.97 Å². The average Bonchev–Trinajstić information content (AvgIpc) is 2.18. The van der Waals surface area contributed by atoms with Crippen molar-refractivity contribution in [3.8, 4) is 0 Å². The molecule has 0 fully saturated rings. The fourth-order valence-electron chi connectivity index (χ4n) is 1.63. The van der Waals surface area contributed by atoms with Crippen molar-refractivity contribution in [2.24, 2.45) is 0 Å². The van der Waals surface area contributed by atoms with E-state index in [0.29, 0.717) is 5.15 Å². The van der Waals surface area contributed by atoms with Gasteiger partial charge in [0.25, 0.3) is 0 Å². The zero-order chi connectivity index (χ0) is 9.97. The summed E-state index contributed by atoms with van der Waals surface area (Å²) in [4.78, 5) is 7.98. The Bertz CT molecular complexity index is 354. The first kappa shape index (κ1) is 9.94. The SMILES string of the molecule is Clc1cc(C2=CCCCC2)nc(Cl)n1. The van der Waals surface area contributed by atoms with E-state index in [4.69, 9.17) is 23.2 Å². The molecular formula is C10H10Cl2N2. The van der Waals surface area contributed by atoms with Gasteiger partial charge in [-0.2, -0.15) is 0 Å². The highest BCUT2D eigenvalue weighted by atomic mass is 35.5. The predicted molar refractivity (Wildman–Crippen MR) is 58.5 cm³/mol. The van der Waals surface area contributed by atoms with E-state index in [1.165, 1.54) is 18.4 Å². The Labute approximate surface area is 93.0 Å². The molecule has 0 spiro atoms. The van der Waals surface area contributed by atoms with Gasteiger partial charge in [0.15, 0.2) is 0 Å². The highest BCUT2D eigenvalue weighted by Crippen LogP contribution is 2.27. The van der Waals surface area contributed by atoms with E-state index >= 15 is 0 Å². The largest absolute Gasteiger partial charge is 0.224 e. The molecule has 0 aliphatic heterocycles. The smallest absolute Gasteiger partial charge is 0.218 e. The lowest BCUT2D eigenvalue weighted by Gasteiger charge is -2.11. The number of halogens is 2. The number of hydrogen-bond acceptors (Lipinski definition) is 2. The lowest BCUT2D eigenvalue weighted by atomic mass is 9.97. The van der Waals surface area contributed by atoms with Gasteiger partial charge in [0.2, 0.25) is 5.28 Å². The summed E-state index contributed by atoms with van der Waals surface area (Å²) in [5.41, 5.74) is 2.11. The quantitative estimate of drug-likeness (QED) is 0.541. The summed E-state index contributed by atoms with van der Waals surface area (Å²) < 4.78 is 0. The van der Waals surface area contributed by atoms with E-state index in [1.807, 2.05) is 0 Å². The number of hydrogen-bond donors (Lipinski definition) is 0. The molecule has 2 nitrogen and oxygen atoms in total. The summed E-state index contributed by atoms with van der Waals surface area (Å²) in [6.07, 6.45) is 6.86. The van der Waals surface area contributed by atoms with Crippen LogP contribution < -0.4 is 0 Å². The summed E-state index contributed by atoms with van der Waals surface area (Å²) >= 11 is 11.5. The molecule has 1 aromatic rings. The van der Waals surface area contributed by atoms with Gasteiger partial charge in [-0.05, 0) is 42.9 Å². The fourth-order valence-corrected chi connectivity index (χ4v) is 2.03. The van der Waals surface area contributed by atoms with Crippen LogP contribution in [0, 0.1) is 0 Å². The van der Waals surface area contributed by atoms with Gasteiger partial charge in [-0.15, -0.1) is 0 Å². The second-order valence-corrected chi connectivity index (χ2v) is 4.05. The minimum Gasteiger partial charge on any atom is -0.218 e. The summed E-state index contributed by atoms with van der Waals surface area (Å²) in [5.74, 6) is 0. The van der Waals surface area contributed by atoms with Crippen molar-refractivity contribution in [3.63, 3.8) is 0 Å². The van der Waals surface area contributed by atoms with E-state index in [0.717, 1.165) is 18.5 Å². The highest BCUT2D eigenvalue weighted by molar-refractivity contribution is 6.31. The monoisotopic (exact) mass is 228 g/mol. The molecule has 0 unspecified atom stereocenters. The van der Waals surface area contributed by atoms with Crippen LogP contribution in [0.3, 0.4) is 0 Å². The summed E-state index contributed by atoms with van der Waals surface area (Å²) in [6, 6.07) is 1.77. The zero-order valence-electron chi connectivity index (χ0n) is 7.63. The van der Waals surface area contributed by atoms with Gasteiger partial charge >= 0.3 is 0 Å². The Morgan fingerprint density at radius 1 is 1.14 bits per heavy atom. The van der Waals surface area contributed by atoms with Crippen molar-refractivity contribution in [3.05, 3.63) is 28.3 Å². The Morgan fingerprint density at radius 3 is 2.64 bits per heavy atom. The lowest BCUT2D eigenvalue weighted by molar-refractivity contribution is 0.739. The molecule has 1 aliphatic carbocycles. The first-order chi connectivity index (χ1) is 6.75. The van der Waals surface area contributed by atoms with Crippen molar-refractivity contribution >= 4 is 28.8 Å². The Morgan fingerprint density at radius 2 is 2.00 bits per heavy atom. The zero-order valence-corrected chi connectivity index (χ0v) is 9.15. The van der Waals surface area contributed by atoms with Gasteiger partial charge in [-0.1, -0.05) is 17.7 Å². The molecule has 1 aromatic heterocycles. The molecule has 0 amide bonds. The molecular weight excluding hydrogens is 219 g/mol. The van der Waals surface area contributed by atoms with E-state index in [2.05, 4.69) is 16.0 Å². The molecule has 0 radical (unpaired) electrons. The third-order valence-corrected chi connectivity index (χ3v) is 2.65. The van der Waals surface area contributed by atoms with Crippen LogP contribution >= 0.6 is 23.2 Å². The van der Waals surface area contributed by atoms with Crippen LogP contribution in [-0.2, 0) is 0 Å². The predicted octanol–water partition coefficient (Wildman–Crippen LogP) is 3.74. The van der Waals surface area contributed by atoms with Gasteiger partial charge in [0.05, 0.1) is 5.69 Å². The summed E-state index contributed by atoms with van der Waals surface area (Å²) in [5, 5.41) is 0.630. The molecule has 74 valence electrons. The van der Waals surface area contributed by atoms with Crippen molar-refractivity contribution in [2.75, 3.05) is 0 Å². The molecule has 1 aliphatic rings. The van der Waals surface area contributed by atoms with E-state index in [1.54, 1.807) is 6.07 Å². The molecule has 1 heterocycles. The third kappa shape index (κ3) is 2.25. The van der Waals surface area contributed by atoms with Crippen LogP contribution in [0.25, 0.3) is 5.57 Å². The normalized spacial score (nSPS) is 16.6. The number of rotatable bonds is 1. The van der Waals surface area contributed by atoms with Crippen molar-refractivity contribution in [1.82, 2.24) is 9.97 Å². The molecule has 0 atom stereocenters. The average molecular weight is 229 g/mol. The van der Waals surface area contributed by atoms with Crippen molar-refractivity contribution < 1.29 is 0 Å². The second kappa shape index (κ2) is 4.28. The van der Waals surface area contributed by atoms with Crippen molar-refractivity contribution in [2.45, 2.75) is 25.7 Å². The minimum absolute atomic E-state index is 0.221. The van der Waals surface area contributed by atoms with Gasteiger partial charge < -0.3 is 0 Å². The van der Waals surface area contributed by atoms with Crippen LogP contribution in [-0.4, -0.2) is 9.97 Å². The van der Waals surface area contributed by atoms with E-state index in [-0.39, 0.29) is 5.28 Å². The number of aromatic nitrogens is 2. The molecule has 0 aromatic carbocycles. The number of allylic oxidation sites excluding steroid dienone is 2. The molecule has 2 rings (SSSR count). The minimum atomic E-state index is 0.221. The Hall–Kier alpha value is -0.600. The van der Waals surface area contributed by atoms with Crippen LogP contribution in [0.2, 0.25) is 10.4 Å². The molecule has 0 saturated heterocycles. The highest BCUT2D eigenvalue weighted by Gasteiger charge is 2.09. The Kier molecular flexibility index (Phi) is 3.04. The van der Waals surface area contributed by atoms with Crippen LogP contribution in [0.4, 0.5) is 0 Å². The molecule has 14 heavy (non-hydrogen) atoms. The maximum Gasteiger partial charge on any atom is 0.224 e. The maximum absolute atomic E-state index is 5.81. The Balaban J connectivity index is 2.35. The van der Waals surface area contributed by atoms with Crippen LogP contribution in [0.5, 0.6) is 0 Å². The van der Waals surface area contributed by atoms with Crippen molar-refractivity contribution in [1.29, 1.82) is 0 Å². The molecule has 4 heteroatoms. The second-order valence-electron chi connectivity index (χ2n) is 3.32. The number of nitrogens with zero attached hydrogens (tertiary/aromatic N) is 2. The molecule has 0 bridgehead atoms. The standard InChI is InChI=1S/C10H10Cl2N2/c11-9-6-8(13-10(12)14-9)7-4-2-1-3-5-7/h4,6H,1-3,5H2.